The standard InChI is InChI=1S/C21H19N5O3/c1-13-17(21(29)26(25(13)3)15-9-5-4-6-10-15)23-19(27)16-12-14-8-7-11-22-18(14)24(2)20(16)28/h4-12H,1-3H3,(H,23,27). The topological polar surface area (TPSA) is 90.9 Å². The Hall–Kier alpha value is -3.94. The molecule has 0 unspecified atom stereocenters. The second-order valence-corrected chi connectivity index (χ2v) is 6.73. The number of carbonyl (C=O) groups is 1. The molecule has 3 aromatic heterocycles. The van der Waals surface area contributed by atoms with Gasteiger partial charge in [0, 0.05) is 25.7 Å². The number of hydrogen-bond acceptors (Lipinski definition) is 4. The third kappa shape index (κ3) is 2.94. The highest BCUT2D eigenvalue weighted by molar-refractivity contribution is 6.05. The summed E-state index contributed by atoms with van der Waals surface area (Å²) < 4.78 is 4.45. The van der Waals surface area contributed by atoms with Crippen LogP contribution in [0.15, 0.2) is 64.3 Å². The number of aryl methyl sites for hydroxylation is 1. The van der Waals surface area contributed by atoms with E-state index in [9.17, 15) is 14.4 Å². The zero-order chi connectivity index (χ0) is 20.7. The summed E-state index contributed by atoms with van der Waals surface area (Å²) in [5, 5.41) is 3.29. The maximum Gasteiger partial charge on any atom is 0.295 e. The lowest BCUT2D eigenvalue weighted by Gasteiger charge is -2.08. The fourth-order valence-electron chi connectivity index (χ4n) is 3.35. The minimum atomic E-state index is -0.637. The Balaban J connectivity index is 1.79. The summed E-state index contributed by atoms with van der Waals surface area (Å²) in [6.07, 6.45) is 1.58. The van der Waals surface area contributed by atoms with E-state index in [1.54, 1.807) is 56.2 Å². The van der Waals surface area contributed by atoms with Gasteiger partial charge >= 0.3 is 0 Å². The van der Waals surface area contributed by atoms with Gasteiger partial charge in [-0.1, -0.05) is 18.2 Å². The van der Waals surface area contributed by atoms with Crippen LogP contribution in [0.2, 0.25) is 0 Å². The smallest absolute Gasteiger partial charge is 0.295 e. The molecule has 8 heteroatoms. The maximum absolute atomic E-state index is 13.0. The molecule has 4 aromatic rings. The number of aromatic nitrogens is 4. The lowest BCUT2D eigenvalue weighted by Crippen LogP contribution is -2.30. The molecule has 0 radical (unpaired) electrons. The van der Waals surface area contributed by atoms with E-state index < -0.39 is 11.5 Å². The Morgan fingerprint density at radius 1 is 1.00 bits per heavy atom. The van der Waals surface area contributed by atoms with E-state index in [-0.39, 0.29) is 16.8 Å². The first-order valence-corrected chi connectivity index (χ1v) is 9.00. The molecule has 8 nitrogen and oxygen atoms in total. The summed E-state index contributed by atoms with van der Waals surface area (Å²) in [5.74, 6) is -0.637. The van der Waals surface area contributed by atoms with Crippen molar-refractivity contribution in [2.75, 3.05) is 5.32 Å². The number of carbonyl (C=O) groups excluding carboxylic acids is 1. The van der Waals surface area contributed by atoms with Gasteiger partial charge in [-0.15, -0.1) is 0 Å². The molecule has 1 N–H and O–H groups in total. The van der Waals surface area contributed by atoms with Crippen molar-refractivity contribution >= 4 is 22.6 Å². The third-order valence-corrected chi connectivity index (χ3v) is 5.01. The lowest BCUT2D eigenvalue weighted by atomic mass is 10.2. The van der Waals surface area contributed by atoms with Gasteiger partial charge in [-0.3, -0.25) is 23.6 Å². The van der Waals surface area contributed by atoms with Crippen LogP contribution >= 0.6 is 0 Å². The van der Waals surface area contributed by atoms with Gasteiger partial charge in [-0.05, 0) is 37.3 Å². The number of pyridine rings is 2. The summed E-state index contributed by atoms with van der Waals surface area (Å²) >= 11 is 0. The molecule has 146 valence electrons. The van der Waals surface area contributed by atoms with E-state index in [1.165, 1.54) is 15.3 Å². The summed E-state index contributed by atoms with van der Waals surface area (Å²) in [5.41, 5.74) is 0.963. The highest BCUT2D eigenvalue weighted by Crippen LogP contribution is 2.16. The molecule has 1 amide bonds. The summed E-state index contributed by atoms with van der Waals surface area (Å²) in [4.78, 5) is 42.7. The number of amides is 1. The van der Waals surface area contributed by atoms with Gasteiger partial charge in [0.15, 0.2) is 0 Å². The number of nitrogens with zero attached hydrogens (tertiary/aromatic N) is 4. The molecule has 0 bridgehead atoms. The quantitative estimate of drug-likeness (QED) is 0.580. The van der Waals surface area contributed by atoms with Crippen molar-refractivity contribution in [3.63, 3.8) is 0 Å². The van der Waals surface area contributed by atoms with Crippen LogP contribution in [0.3, 0.4) is 0 Å². The first-order chi connectivity index (χ1) is 13.9. The average Bonchev–Trinajstić information content (AvgIpc) is 2.94. The Morgan fingerprint density at radius 3 is 2.45 bits per heavy atom. The highest BCUT2D eigenvalue weighted by Gasteiger charge is 2.21. The lowest BCUT2D eigenvalue weighted by molar-refractivity contribution is 0.102. The fourth-order valence-corrected chi connectivity index (χ4v) is 3.35. The van der Waals surface area contributed by atoms with Crippen molar-refractivity contribution in [3.05, 3.63) is 86.7 Å². The molecule has 0 saturated carbocycles. The largest absolute Gasteiger partial charge is 0.316 e. The molecule has 0 atom stereocenters. The van der Waals surface area contributed by atoms with E-state index >= 15 is 0 Å². The van der Waals surface area contributed by atoms with Crippen LogP contribution in [0.5, 0.6) is 0 Å². The van der Waals surface area contributed by atoms with Crippen molar-refractivity contribution in [1.82, 2.24) is 18.9 Å². The van der Waals surface area contributed by atoms with Crippen LogP contribution in [-0.2, 0) is 14.1 Å². The minimum Gasteiger partial charge on any atom is -0.316 e. The normalized spacial score (nSPS) is 11.0. The molecule has 0 aliphatic carbocycles. The number of anilines is 1. The zero-order valence-corrected chi connectivity index (χ0v) is 16.2. The molecule has 1 aromatic carbocycles. The summed E-state index contributed by atoms with van der Waals surface area (Å²) in [7, 11) is 3.30. The first kappa shape index (κ1) is 18.4. The molecule has 3 heterocycles. The van der Waals surface area contributed by atoms with Crippen LogP contribution < -0.4 is 16.4 Å². The Kier molecular flexibility index (Phi) is 4.38. The number of hydrogen-bond donors (Lipinski definition) is 1. The monoisotopic (exact) mass is 389 g/mol. The molecule has 0 fully saturated rings. The Morgan fingerprint density at radius 2 is 1.72 bits per heavy atom. The predicted octanol–water partition coefficient (Wildman–Crippen LogP) is 1.98. The molecule has 0 aliphatic heterocycles. The van der Waals surface area contributed by atoms with Crippen LogP contribution in [0.4, 0.5) is 5.69 Å². The summed E-state index contributed by atoms with van der Waals surface area (Å²) in [6, 6.07) is 14.1. The summed E-state index contributed by atoms with van der Waals surface area (Å²) in [6.45, 7) is 1.73. The SMILES string of the molecule is Cc1c(NC(=O)c2cc3cccnc3n(C)c2=O)c(=O)n(-c2ccccc2)n1C. The number of para-hydroxylation sites is 1. The van der Waals surface area contributed by atoms with Gasteiger partial charge in [-0.25, -0.2) is 9.67 Å². The Labute approximate surface area is 165 Å². The first-order valence-electron chi connectivity index (χ1n) is 9.00. The van der Waals surface area contributed by atoms with Gasteiger partial charge in [0.05, 0.1) is 11.4 Å². The number of rotatable bonds is 3. The Bertz CT molecular complexity index is 1360. The molecule has 0 saturated heterocycles. The van der Waals surface area contributed by atoms with Gasteiger partial charge < -0.3 is 5.32 Å². The van der Waals surface area contributed by atoms with Gasteiger partial charge in [0.1, 0.15) is 16.9 Å². The van der Waals surface area contributed by atoms with Crippen LogP contribution in [0, 0.1) is 6.92 Å². The van der Waals surface area contributed by atoms with Crippen molar-refractivity contribution in [2.45, 2.75) is 6.92 Å². The van der Waals surface area contributed by atoms with Gasteiger partial charge in [0.2, 0.25) is 0 Å². The molecule has 4 rings (SSSR count). The second-order valence-electron chi connectivity index (χ2n) is 6.73. The van der Waals surface area contributed by atoms with Crippen molar-refractivity contribution in [3.8, 4) is 5.69 Å². The van der Waals surface area contributed by atoms with Gasteiger partial charge in [0.25, 0.3) is 17.0 Å². The third-order valence-electron chi connectivity index (χ3n) is 5.01. The van der Waals surface area contributed by atoms with Crippen LogP contribution in [0.1, 0.15) is 16.1 Å². The molecule has 0 spiro atoms. The maximum atomic E-state index is 13.0. The molecule has 29 heavy (non-hydrogen) atoms. The molecule has 0 aliphatic rings. The van der Waals surface area contributed by atoms with E-state index in [2.05, 4.69) is 10.3 Å². The fraction of sp³-hybridized carbons (Fsp3) is 0.143. The molecular formula is C21H19N5O3. The van der Waals surface area contributed by atoms with E-state index in [4.69, 9.17) is 0 Å². The van der Waals surface area contributed by atoms with Crippen LogP contribution in [-0.4, -0.2) is 24.8 Å². The highest BCUT2D eigenvalue weighted by atomic mass is 16.2. The van der Waals surface area contributed by atoms with Crippen molar-refractivity contribution < 1.29 is 4.79 Å². The van der Waals surface area contributed by atoms with E-state index in [1.807, 2.05) is 18.2 Å². The predicted molar refractivity (Wildman–Crippen MR) is 111 cm³/mol. The van der Waals surface area contributed by atoms with E-state index in [0.29, 0.717) is 22.4 Å². The van der Waals surface area contributed by atoms with Gasteiger partial charge in [-0.2, -0.15) is 0 Å². The average molecular weight is 389 g/mol. The zero-order valence-electron chi connectivity index (χ0n) is 16.2. The van der Waals surface area contributed by atoms with E-state index in [0.717, 1.165) is 0 Å². The molecular weight excluding hydrogens is 370 g/mol. The van der Waals surface area contributed by atoms with Crippen LogP contribution in [0.25, 0.3) is 16.7 Å². The second kappa shape index (κ2) is 6.90. The minimum absolute atomic E-state index is 0.0538. The van der Waals surface area contributed by atoms with Crippen molar-refractivity contribution in [2.24, 2.45) is 14.1 Å². The number of nitrogens with one attached hydrogen (secondary N) is 1. The number of benzene rings is 1. The number of fused-ring (bicyclic) bond motifs is 1. The van der Waals surface area contributed by atoms with Crippen molar-refractivity contribution in [1.29, 1.82) is 0 Å².